The normalized spacial score (nSPS) is 10.4. The Kier molecular flexibility index (Phi) is 6.04. The van der Waals surface area contributed by atoms with Gasteiger partial charge in [0.2, 0.25) is 0 Å². The number of hydrogen-bond acceptors (Lipinski definition) is 1. The van der Waals surface area contributed by atoms with E-state index in [-0.39, 0.29) is 5.82 Å². The van der Waals surface area contributed by atoms with Crippen LogP contribution < -0.4 is 0 Å². The molecular weight excluding hydrogens is 219 g/mol. The standard InChI is InChI=1S/C11H14ClFS/c12-8-4-1-5-9-14-11-7-3-2-6-10(11)13/h2-3,6-7H,1,4-5,8-9H2. The van der Waals surface area contributed by atoms with Gasteiger partial charge < -0.3 is 0 Å². The van der Waals surface area contributed by atoms with E-state index in [9.17, 15) is 4.39 Å². The maximum atomic E-state index is 13.1. The molecule has 0 heterocycles. The molecule has 78 valence electrons. The lowest BCUT2D eigenvalue weighted by Gasteiger charge is -2.01. The van der Waals surface area contributed by atoms with E-state index in [2.05, 4.69) is 0 Å². The Hall–Kier alpha value is -0.210. The fourth-order valence-corrected chi connectivity index (χ4v) is 2.26. The lowest BCUT2D eigenvalue weighted by Crippen LogP contribution is -1.84. The Labute approximate surface area is 93.8 Å². The molecule has 0 unspecified atom stereocenters. The van der Waals surface area contributed by atoms with Crippen LogP contribution in [0.15, 0.2) is 29.2 Å². The second-order valence-corrected chi connectivity index (χ2v) is 4.54. The number of unbranched alkanes of at least 4 members (excludes halogenated alkanes) is 2. The molecule has 0 aromatic heterocycles. The first-order chi connectivity index (χ1) is 6.84. The Morgan fingerprint density at radius 3 is 2.64 bits per heavy atom. The van der Waals surface area contributed by atoms with Crippen LogP contribution in [0, 0.1) is 5.82 Å². The summed E-state index contributed by atoms with van der Waals surface area (Å²) < 4.78 is 13.1. The molecule has 0 saturated heterocycles. The van der Waals surface area contributed by atoms with Gasteiger partial charge >= 0.3 is 0 Å². The Morgan fingerprint density at radius 1 is 1.14 bits per heavy atom. The number of halogens is 2. The van der Waals surface area contributed by atoms with Crippen molar-refractivity contribution in [2.75, 3.05) is 11.6 Å². The molecular formula is C11H14ClFS. The highest BCUT2D eigenvalue weighted by molar-refractivity contribution is 7.99. The van der Waals surface area contributed by atoms with Crippen molar-refractivity contribution in [3.63, 3.8) is 0 Å². The average Bonchev–Trinajstić information content (AvgIpc) is 2.20. The molecule has 0 fully saturated rings. The fraction of sp³-hybridized carbons (Fsp3) is 0.455. The predicted molar refractivity (Wildman–Crippen MR) is 61.7 cm³/mol. The van der Waals surface area contributed by atoms with Crippen molar-refractivity contribution in [3.05, 3.63) is 30.1 Å². The zero-order valence-electron chi connectivity index (χ0n) is 8.01. The van der Waals surface area contributed by atoms with E-state index in [0.29, 0.717) is 0 Å². The van der Waals surface area contributed by atoms with Crippen molar-refractivity contribution in [3.8, 4) is 0 Å². The van der Waals surface area contributed by atoms with Crippen LogP contribution in [-0.4, -0.2) is 11.6 Å². The van der Waals surface area contributed by atoms with Crippen molar-refractivity contribution >= 4 is 23.4 Å². The van der Waals surface area contributed by atoms with Crippen LogP contribution >= 0.6 is 23.4 Å². The summed E-state index contributed by atoms with van der Waals surface area (Å²) in [6.07, 6.45) is 3.29. The van der Waals surface area contributed by atoms with Crippen LogP contribution in [-0.2, 0) is 0 Å². The molecule has 0 amide bonds. The smallest absolute Gasteiger partial charge is 0.136 e. The topological polar surface area (TPSA) is 0 Å². The van der Waals surface area contributed by atoms with Crippen molar-refractivity contribution in [2.24, 2.45) is 0 Å². The molecule has 0 bridgehead atoms. The third kappa shape index (κ3) is 4.34. The molecule has 0 radical (unpaired) electrons. The molecule has 0 nitrogen and oxygen atoms in total. The van der Waals surface area contributed by atoms with Gasteiger partial charge in [0.1, 0.15) is 5.82 Å². The van der Waals surface area contributed by atoms with Crippen LogP contribution in [0.3, 0.4) is 0 Å². The number of benzene rings is 1. The maximum Gasteiger partial charge on any atom is 0.136 e. The third-order valence-corrected chi connectivity index (χ3v) is 3.27. The van der Waals surface area contributed by atoms with Crippen molar-refractivity contribution in [2.45, 2.75) is 24.2 Å². The first-order valence-electron chi connectivity index (χ1n) is 4.78. The maximum absolute atomic E-state index is 13.1. The molecule has 0 saturated carbocycles. The van der Waals surface area contributed by atoms with Crippen LogP contribution in [0.5, 0.6) is 0 Å². The molecule has 3 heteroatoms. The summed E-state index contributed by atoms with van der Waals surface area (Å²) in [6.45, 7) is 0. The van der Waals surface area contributed by atoms with Gasteiger partial charge in [-0.3, -0.25) is 0 Å². The second-order valence-electron chi connectivity index (χ2n) is 3.03. The Morgan fingerprint density at radius 2 is 1.93 bits per heavy atom. The summed E-state index contributed by atoms with van der Waals surface area (Å²) in [5, 5.41) is 0. The molecule has 0 aliphatic rings. The average molecular weight is 233 g/mol. The number of rotatable bonds is 6. The van der Waals surface area contributed by atoms with Crippen molar-refractivity contribution in [1.82, 2.24) is 0 Å². The molecule has 1 rings (SSSR count). The quantitative estimate of drug-likeness (QED) is 0.400. The first kappa shape index (κ1) is 11.9. The zero-order valence-corrected chi connectivity index (χ0v) is 9.58. The van der Waals surface area contributed by atoms with Crippen LogP contribution in [0.4, 0.5) is 4.39 Å². The van der Waals surface area contributed by atoms with E-state index in [4.69, 9.17) is 11.6 Å². The van der Waals surface area contributed by atoms with E-state index >= 15 is 0 Å². The van der Waals surface area contributed by atoms with Crippen LogP contribution in [0.25, 0.3) is 0 Å². The van der Waals surface area contributed by atoms with Gasteiger partial charge in [-0.15, -0.1) is 23.4 Å². The van der Waals surface area contributed by atoms with Gasteiger partial charge in [0.05, 0.1) is 0 Å². The first-order valence-corrected chi connectivity index (χ1v) is 6.30. The summed E-state index contributed by atoms with van der Waals surface area (Å²) in [5.74, 6) is 1.58. The number of alkyl halides is 1. The summed E-state index contributed by atoms with van der Waals surface area (Å²) >= 11 is 7.14. The van der Waals surface area contributed by atoms with Gasteiger partial charge in [-0.05, 0) is 30.7 Å². The van der Waals surface area contributed by atoms with E-state index in [1.807, 2.05) is 12.1 Å². The monoisotopic (exact) mass is 232 g/mol. The molecule has 0 aliphatic carbocycles. The molecule has 0 N–H and O–H groups in total. The molecule has 1 aromatic rings. The minimum absolute atomic E-state index is 0.116. The zero-order chi connectivity index (χ0) is 10.2. The van der Waals surface area contributed by atoms with Gasteiger partial charge in [0.15, 0.2) is 0 Å². The van der Waals surface area contributed by atoms with Gasteiger partial charge in [0, 0.05) is 10.8 Å². The lowest BCUT2D eigenvalue weighted by atomic mass is 10.3. The molecule has 0 atom stereocenters. The minimum atomic E-state index is -0.116. The highest BCUT2D eigenvalue weighted by atomic mass is 35.5. The summed E-state index contributed by atoms with van der Waals surface area (Å²) in [6, 6.07) is 6.90. The second kappa shape index (κ2) is 7.13. The molecule has 1 aromatic carbocycles. The van der Waals surface area contributed by atoms with Crippen LogP contribution in [0.1, 0.15) is 19.3 Å². The third-order valence-electron chi connectivity index (χ3n) is 1.87. The molecule has 0 spiro atoms. The SMILES string of the molecule is Fc1ccccc1SCCCCCCl. The van der Waals surface area contributed by atoms with E-state index < -0.39 is 0 Å². The highest BCUT2D eigenvalue weighted by Gasteiger charge is 1.99. The number of thioether (sulfide) groups is 1. The summed E-state index contributed by atoms with van der Waals surface area (Å²) in [7, 11) is 0. The Bertz CT molecular complexity index is 265. The fourth-order valence-electron chi connectivity index (χ4n) is 1.12. The van der Waals surface area contributed by atoms with E-state index in [1.165, 1.54) is 6.07 Å². The van der Waals surface area contributed by atoms with Crippen LogP contribution in [0.2, 0.25) is 0 Å². The Balaban J connectivity index is 2.21. The molecule has 14 heavy (non-hydrogen) atoms. The lowest BCUT2D eigenvalue weighted by molar-refractivity contribution is 0.602. The van der Waals surface area contributed by atoms with Gasteiger partial charge in [-0.1, -0.05) is 18.6 Å². The highest BCUT2D eigenvalue weighted by Crippen LogP contribution is 2.22. The minimum Gasteiger partial charge on any atom is -0.206 e. The summed E-state index contributed by atoms with van der Waals surface area (Å²) in [5.41, 5.74) is 0. The predicted octanol–water partition coefficient (Wildman–Crippen LogP) is 4.33. The van der Waals surface area contributed by atoms with Gasteiger partial charge in [-0.25, -0.2) is 4.39 Å². The van der Waals surface area contributed by atoms with Gasteiger partial charge in [0.25, 0.3) is 0 Å². The van der Waals surface area contributed by atoms with Gasteiger partial charge in [-0.2, -0.15) is 0 Å². The number of hydrogen-bond donors (Lipinski definition) is 0. The molecule has 0 aliphatic heterocycles. The largest absolute Gasteiger partial charge is 0.206 e. The van der Waals surface area contributed by atoms with Crippen molar-refractivity contribution in [1.29, 1.82) is 0 Å². The van der Waals surface area contributed by atoms with E-state index in [0.717, 1.165) is 35.8 Å². The van der Waals surface area contributed by atoms with Crippen molar-refractivity contribution < 1.29 is 4.39 Å². The van der Waals surface area contributed by atoms with E-state index in [1.54, 1.807) is 17.8 Å². The summed E-state index contributed by atoms with van der Waals surface area (Å²) in [4.78, 5) is 0.748.